The molecular formula is C13H7F3O2. The molecule has 2 nitrogen and oxygen atoms in total. The Kier molecular flexibility index (Phi) is 2.40. The number of rotatable bonds is 1. The van der Waals surface area contributed by atoms with Gasteiger partial charge in [0.25, 0.3) is 6.29 Å². The molecule has 0 saturated carbocycles. The standard InChI is InChI=1S/C13H7F3O2/c14-7-1-3-9(10(16)5-7)13-17-11-4-2-8(15)6-12(11)18-13/h1-6,13H. The van der Waals surface area contributed by atoms with Crippen LogP contribution in [-0.2, 0) is 0 Å². The molecule has 5 heteroatoms. The summed E-state index contributed by atoms with van der Waals surface area (Å²) in [6.07, 6.45) is -1.03. The van der Waals surface area contributed by atoms with Crippen molar-refractivity contribution < 1.29 is 22.6 Å². The summed E-state index contributed by atoms with van der Waals surface area (Å²) < 4.78 is 49.9. The molecule has 0 radical (unpaired) electrons. The van der Waals surface area contributed by atoms with E-state index in [2.05, 4.69) is 0 Å². The highest BCUT2D eigenvalue weighted by atomic mass is 19.1. The number of benzene rings is 2. The van der Waals surface area contributed by atoms with Gasteiger partial charge in [-0.25, -0.2) is 13.2 Å². The Morgan fingerprint density at radius 3 is 2.22 bits per heavy atom. The fourth-order valence-corrected chi connectivity index (χ4v) is 1.75. The van der Waals surface area contributed by atoms with Crippen LogP contribution in [0.1, 0.15) is 11.9 Å². The van der Waals surface area contributed by atoms with Crippen LogP contribution in [0.3, 0.4) is 0 Å². The molecule has 0 saturated heterocycles. The van der Waals surface area contributed by atoms with Gasteiger partial charge in [-0.3, -0.25) is 0 Å². The predicted molar refractivity (Wildman–Crippen MR) is 56.8 cm³/mol. The highest BCUT2D eigenvalue weighted by Crippen LogP contribution is 2.41. The van der Waals surface area contributed by atoms with Crippen LogP contribution in [0.15, 0.2) is 36.4 Å². The van der Waals surface area contributed by atoms with Crippen LogP contribution in [0.4, 0.5) is 13.2 Å². The maximum atomic E-state index is 13.5. The molecule has 0 bridgehead atoms. The number of hydrogen-bond donors (Lipinski definition) is 0. The molecular weight excluding hydrogens is 245 g/mol. The van der Waals surface area contributed by atoms with Gasteiger partial charge in [0, 0.05) is 12.1 Å². The molecule has 0 N–H and O–H groups in total. The van der Waals surface area contributed by atoms with Crippen molar-refractivity contribution in [3.63, 3.8) is 0 Å². The van der Waals surface area contributed by atoms with Gasteiger partial charge < -0.3 is 9.47 Å². The highest BCUT2D eigenvalue weighted by Gasteiger charge is 2.28. The van der Waals surface area contributed by atoms with Gasteiger partial charge >= 0.3 is 0 Å². The summed E-state index contributed by atoms with van der Waals surface area (Å²) in [5, 5.41) is 0. The summed E-state index contributed by atoms with van der Waals surface area (Å²) in [5.41, 5.74) is 0.0630. The van der Waals surface area contributed by atoms with E-state index in [1.807, 2.05) is 0 Å². The highest BCUT2D eigenvalue weighted by molar-refractivity contribution is 5.43. The van der Waals surface area contributed by atoms with Crippen molar-refractivity contribution in [1.29, 1.82) is 0 Å². The Balaban J connectivity index is 1.93. The first kappa shape index (κ1) is 11.0. The Morgan fingerprint density at radius 1 is 0.778 bits per heavy atom. The lowest BCUT2D eigenvalue weighted by atomic mass is 10.2. The third-order valence-electron chi connectivity index (χ3n) is 2.59. The van der Waals surface area contributed by atoms with Crippen molar-refractivity contribution in [3.05, 3.63) is 59.4 Å². The van der Waals surface area contributed by atoms with E-state index in [-0.39, 0.29) is 11.3 Å². The van der Waals surface area contributed by atoms with Crippen LogP contribution in [0.25, 0.3) is 0 Å². The third kappa shape index (κ3) is 1.77. The second kappa shape index (κ2) is 3.94. The Morgan fingerprint density at radius 2 is 1.44 bits per heavy atom. The van der Waals surface area contributed by atoms with Gasteiger partial charge in [0.15, 0.2) is 11.5 Å². The van der Waals surface area contributed by atoms with Gasteiger partial charge in [-0.05, 0) is 24.3 Å². The maximum Gasteiger partial charge on any atom is 0.270 e. The Hall–Kier alpha value is -2.17. The number of fused-ring (bicyclic) bond motifs is 1. The summed E-state index contributed by atoms with van der Waals surface area (Å²) in [6.45, 7) is 0. The molecule has 0 aliphatic carbocycles. The van der Waals surface area contributed by atoms with E-state index in [9.17, 15) is 13.2 Å². The van der Waals surface area contributed by atoms with Crippen molar-refractivity contribution in [2.45, 2.75) is 6.29 Å². The zero-order chi connectivity index (χ0) is 12.7. The van der Waals surface area contributed by atoms with Crippen molar-refractivity contribution in [3.8, 4) is 11.5 Å². The second-order valence-electron chi connectivity index (χ2n) is 3.82. The summed E-state index contributed by atoms with van der Waals surface area (Å²) in [4.78, 5) is 0. The largest absolute Gasteiger partial charge is 0.447 e. The minimum absolute atomic E-state index is 0.0630. The molecule has 1 atom stereocenters. The first-order valence-corrected chi connectivity index (χ1v) is 5.21. The van der Waals surface area contributed by atoms with Gasteiger partial charge in [0.05, 0.1) is 5.56 Å². The summed E-state index contributed by atoms with van der Waals surface area (Å²) in [5.74, 6) is -1.41. The molecule has 1 heterocycles. The van der Waals surface area contributed by atoms with E-state index in [1.54, 1.807) is 0 Å². The van der Waals surface area contributed by atoms with Gasteiger partial charge in [-0.15, -0.1) is 0 Å². The number of ether oxygens (including phenoxy) is 2. The lowest BCUT2D eigenvalue weighted by Gasteiger charge is -2.11. The lowest BCUT2D eigenvalue weighted by molar-refractivity contribution is 0.0453. The zero-order valence-electron chi connectivity index (χ0n) is 8.99. The third-order valence-corrected chi connectivity index (χ3v) is 2.59. The van der Waals surface area contributed by atoms with Crippen LogP contribution in [-0.4, -0.2) is 0 Å². The van der Waals surface area contributed by atoms with Crippen molar-refractivity contribution in [2.24, 2.45) is 0 Å². The molecule has 0 fully saturated rings. The average Bonchev–Trinajstić information content (AvgIpc) is 2.71. The topological polar surface area (TPSA) is 18.5 Å². The lowest BCUT2D eigenvalue weighted by Crippen LogP contribution is -2.10. The minimum Gasteiger partial charge on any atom is -0.447 e. The van der Waals surface area contributed by atoms with Crippen LogP contribution in [0.5, 0.6) is 11.5 Å². The predicted octanol–water partition coefficient (Wildman–Crippen LogP) is 3.57. The molecule has 1 aliphatic rings. The van der Waals surface area contributed by atoms with Gasteiger partial charge in [0.2, 0.25) is 0 Å². The van der Waals surface area contributed by atoms with E-state index < -0.39 is 23.7 Å². The fraction of sp³-hybridized carbons (Fsp3) is 0.0769. The quantitative estimate of drug-likeness (QED) is 0.772. The summed E-state index contributed by atoms with van der Waals surface area (Å²) in [6, 6.07) is 6.84. The van der Waals surface area contributed by atoms with Crippen molar-refractivity contribution in [1.82, 2.24) is 0 Å². The van der Waals surface area contributed by atoms with Crippen LogP contribution in [0.2, 0.25) is 0 Å². The molecule has 0 aromatic heterocycles. The van der Waals surface area contributed by atoms with Gasteiger partial charge in [-0.2, -0.15) is 0 Å². The molecule has 2 aromatic carbocycles. The summed E-state index contributed by atoms with van der Waals surface area (Å²) in [7, 11) is 0. The van der Waals surface area contributed by atoms with Gasteiger partial charge in [-0.1, -0.05) is 0 Å². The first-order chi connectivity index (χ1) is 8.63. The van der Waals surface area contributed by atoms with Crippen LogP contribution in [0, 0.1) is 17.5 Å². The van der Waals surface area contributed by atoms with E-state index in [4.69, 9.17) is 9.47 Å². The number of hydrogen-bond acceptors (Lipinski definition) is 2. The number of halogens is 3. The SMILES string of the molecule is Fc1ccc(C2Oc3ccc(F)cc3O2)c(F)c1. The second-order valence-corrected chi connectivity index (χ2v) is 3.82. The zero-order valence-corrected chi connectivity index (χ0v) is 8.99. The Bertz CT molecular complexity index is 613. The molecule has 18 heavy (non-hydrogen) atoms. The van der Waals surface area contributed by atoms with Gasteiger partial charge in [0.1, 0.15) is 17.5 Å². The van der Waals surface area contributed by atoms with E-state index in [1.165, 1.54) is 18.2 Å². The molecule has 2 aromatic rings. The smallest absolute Gasteiger partial charge is 0.270 e. The molecule has 0 amide bonds. The van der Waals surface area contributed by atoms with E-state index >= 15 is 0 Å². The molecule has 1 aliphatic heterocycles. The Labute approximate surface area is 101 Å². The van der Waals surface area contributed by atoms with Crippen LogP contribution >= 0.6 is 0 Å². The molecule has 3 rings (SSSR count). The maximum absolute atomic E-state index is 13.5. The summed E-state index contributed by atoms with van der Waals surface area (Å²) >= 11 is 0. The fourth-order valence-electron chi connectivity index (χ4n) is 1.75. The molecule has 92 valence electrons. The van der Waals surface area contributed by atoms with E-state index in [0.717, 1.165) is 18.2 Å². The normalized spacial score (nSPS) is 16.9. The van der Waals surface area contributed by atoms with Crippen molar-refractivity contribution >= 4 is 0 Å². The van der Waals surface area contributed by atoms with Crippen molar-refractivity contribution in [2.75, 3.05) is 0 Å². The molecule has 1 unspecified atom stereocenters. The van der Waals surface area contributed by atoms with E-state index in [0.29, 0.717) is 5.75 Å². The molecule has 0 spiro atoms. The minimum atomic E-state index is -1.03. The van der Waals surface area contributed by atoms with Crippen LogP contribution < -0.4 is 9.47 Å². The average molecular weight is 252 g/mol. The monoisotopic (exact) mass is 252 g/mol. The first-order valence-electron chi connectivity index (χ1n) is 5.21.